The molecule has 168 valence electrons. The fourth-order valence-corrected chi connectivity index (χ4v) is 4.37. The second-order valence-corrected chi connectivity index (χ2v) is 8.48. The molecule has 1 aromatic rings. The Labute approximate surface area is 182 Å². The van der Waals surface area contributed by atoms with Crippen LogP contribution in [0.2, 0.25) is 0 Å². The highest BCUT2D eigenvalue weighted by molar-refractivity contribution is 6.09. The van der Waals surface area contributed by atoms with Crippen LogP contribution in [-0.2, 0) is 25.5 Å². The molecule has 3 rings (SSSR count). The Morgan fingerprint density at radius 1 is 1.26 bits per heavy atom. The molecule has 1 saturated heterocycles. The highest BCUT2D eigenvalue weighted by atomic mass is 16.5. The van der Waals surface area contributed by atoms with Crippen LogP contribution in [0.3, 0.4) is 0 Å². The van der Waals surface area contributed by atoms with Crippen LogP contribution in [0.1, 0.15) is 63.6 Å². The number of benzene rings is 1. The number of nitrogens with one attached hydrogen (secondary N) is 2. The van der Waals surface area contributed by atoms with Gasteiger partial charge in [0.1, 0.15) is 12.1 Å². The molecule has 2 fully saturated rings. The zero-order valence-electron chi connectivity index (χ0n) is 18.4. The molecule has 0 radical (unpaired) electrons. The van der Waals surface area contributed by atoms with Gasteiger partial charge in [-0.05, 0) is 43.2 Å². The highest BCUT2D eigenvalue weighted by Crippen LogP contribution is 2.38. The summed E-state index contributed by atoms with van der Waals surface area (Å²) in [6, 6.07) is 7.11. The Morgan fingerprint density at radius 3 is 2.61 bits per heavy atom. The van der Waals surface area contributed by atoms with Gasteiger partial charge in [-0.2, -0.15) is 0 Å². The largest absolute Gasteiger partial charge is 0.454 e. The Kier molecular flexibility index (Phi) is 6.97. The predicted octanol–water partition coefficient (Wildman–Crippen LogP) is 2.47. The van der Waals surface area contributed by atoms with Gasteiger partial charge in [-0.1, -0.05) is 51.0 Å². The molecule has 1 saturated carbocycles. The number of hydrogen-bond acceptors (Lipinski definition) is 5. The standard InChI is InChI=1S/C23H31N3O5/c1-4-17-8-10-18(11-9-17)16(3)24-19(27)14-31-20(28)13-26-21(29)23(25-22(26)30)12-6-5-7-15(23)2/h8-11,15-16H,4-7,12-14H2,1-3H3,(H,24,27)(H,25,30). The smallest absolute Gasteiger partial charge is 0.326 e. The summed E-state index contributed by atoms with van der Waals surface area (Å²) in [5.41, 5.74) is 1.24. The van der Waals surface area contributed by atoms with Crippen molar-refractivity contribution in [2.45, 2.75) is 64.5 Å². The number of carbonyl (C=O) groups is 4. The lowest BCUT2D eigenvalue weighted by Gasteiger charge is -2.36. The van der Waals surface area contributed by atoms with E-state index in [0.29, 0.717) is 6.42 Å². The third-order valence-corrected chi connectivity index (χ3v) is 6.42. The number of aryl methyl sites for hydroxylation is 1. The molecule has 1 spiro atoms. The maximum Gasteiger partial charge on any atom is 0.326 e. The molecule has 4 amide bonds. The molecule has 8 nitrogen and oxygen atoms in total. The summed E-state index contributed by atoms with van der Waals surface area (Å²) < 4.78 is 5.01. The maximum absolute atomic E-state index is 12.9. The van der Waals surface area contributed by atoms with Crippen molar-refractivity contribution in [1.82, 2.24) is 15.5 Å². The average Bonchev–Trinajstić information content (AvgIpc) is 2.99. The Morgan fingerprint density at radius 2 is 1.97 bits per heavy atom. The van der Waals surface area contributed by atoms with Crippen LogP contribution in [0.25, 0.3) is 0 Å². The van der Waals surface area contributed by atoms with Crippen molar-refractivity contribution >= 4 is 23.8 Å². The Hall–Kier alpha value is -2.90. The van der Waals surface area contributed by atoms with E-state index in [4.69, 9.17) is 4.74 Å². The molecule has 1 aromatic carbocycles. The first-order valence-electron chi connectivity index (χ1n) is 10.9. The third kappa shape index (κ3) is 4.89. The fraction of sp³-hybridized carbons (Fsp3) is 0.565. The number of imide groups is 1. The number of esters is 1. The van der Waals surface area contributed by atoms with Crippen molar-refractivity contribution in [2.75, 3.05) is 13.2 Å². The van der Waals surface area contributed by atoms with Gasteiger partial charge in [-0.25, -0.2) is 4.79 Å². The van der Waals surface area contributed by atoms with Gasteiger partial charge in [0.25, 0.3) is 11.8 Å². The number of carbonyl (C=O) groups excluding carboxylic acids is 4. The number of urea groups is 1. The molecule has 1 aliphatic carbocycles. The molecule has 8 heteroatoms. The van der Waals surface area contributed by atoms with Gasteiger partial charge in [0, 0.05) is 0 Å². The van der Waals surface area contributed by atoms with E-state index < -0.39 is 36.6 Å². The van der Waals surface area contributed by atoms with Crippen LogP contribution in [0.15, 0.2) is 24.3 Å². The molecule has 0 aromatic heterocycles. The summed E-state index contributed by atoms with van der Waals surface area (Å²) in [5.74, 6) is -1.61. The SMILES string of the molecule is CCc1ccc(C(C)NC(=O)COC(=O)CN2C(=O)NC3(CCCCC3C)C2=O)cc1. The van der Waals surface area contributed by atoms with Crippen molar-refractivity contribution in [3.8, 4) is 0 Å². The zero-order valence-corrected chi connectivity index (χ0v) is 18.4. The van der Waals surface area contributed by atoms with Crippen molar-refractivity contribution < 1.29 is 23.9 Å². The van der Waals surface area contributed by atoms with Crippen LogP contribution >= 0.6 is 0 Å². The van der Waals surface area contributed by atoms with Gasteiger partial charge < -0.3 is 15.4 Å². The van der Waals surface area contributed by atoms with Gasteiger partial charge in [0.15, 0.2) is 6.61 Å². The molecule has 31 heavy (non-hydrogen) atoms. The summed E-state index contributed by atoms with van der Waals surface area (Å²) in [6.07, 6.45) is 4.24. The lowest BCUT2D eigenvalue weighted by molar-refractivity contribution is -0.151. The first-order chi connectivity index (χ1) is 14.8. The van der Waals surface area contributed by atoms with Gasteiger partial charge in [0.2, 0.25) is 0 Å². The topological polar surface area (TPSA) is 105 Å². The number of ether oxygens (including phenoxy) is 1. The second kappa shape index (κ2) is 9.49. The molecule has 3 atom stereocenters. The van der Waals surface area contributed by atoms with Crippen LogP contribution in [-0.4, -0.2) is 47.4 Å². The minimum atomic E-state index is -0.921. The number of hydrogen-bond donors (Lipinski definition) is 2. The van der Waals surface area contributed by atoms with E-state index in [1.807, 2.05) is 38.1 Å². The van der Waals surface area contributed by atoms with Crippen LogP contribution in [0.5, 0.6) is 0 Å². The summed E-state index contributed by atoms with van der Waals surface area (Å²) in [4.78, 5) is 50.5. The first-order valence-corrected chi connectivity index (χ1v) is 10.9. The summed E-state index contributed by atoms with van der Waals surface area (Å²) in [7, 11) is 0. The number of amides is 4. The molecule has 1 aliphatic heterocycles. The molecule has 0 bridgehead atoms. The molecular weight excluding hydrogens is 398 g/mol. The number of nitrogens with zero attached hydrogens (tertiary/aromatic N) is 1. The average molecular weight is 430 g/mol. The van der Waals surface area contributed by atoms with E-state index in [0.717, 1.165) is 36.1 Å². The molecule has 2 aliphatic rings. The zero-order chi connectivity index (χ0) is 22.6. The van der Waals surface area contributed by atoms with Crippen molar-refractivity contribution in [1.29, 1.82) is 0 Å². The minimum Gasteiger partial charge on any atom is -0.454 e. The van der Waals surface area contributed by atoms with E-state index in [9.17, 15) is 19.2 Å². The van der Waals surface area contributed by atoms with Gasteiger partial charge in [0.05, 0.1) is 6.04 Å². The molecule has 1 heterocycles. The lowest BCUT2D eigenvalue weighted by atomic mass is 9.73. The normalized spacial score (nSPS) is 24.1. The van der Waals surface area contributed by atoms with Crippen LogP contribution in [0, 0.1) is 5.92 Å². The van der Waals surface area contributed by atoms with Crippen LogP contribution < -0.4 is 10.6 Å². The fourth-order valence-electron chi connectivity index (χ4n) is 4.37. The van der Waals surface area contributed by atoms with Crippen LogP contribution in [0.4, 0.5) is 4.79 Å². The summed E-state index contributed by atoms with van der Waals surface area (Å²) in [6.45, 7) is 4.89. The number of rotatable bonds is 7. The van der Waals surface area contributed by atoms with E-state index >= 15 is 0 Å². The maximum atomic E-state index is 12.9. The first kappa shape index (κ1) is 22.8. The van der Waals surface area contributed by atoms with E-state index in [2.05, 4.69) is 17.6 Å². The monoisotopic (exact) mass is 429 g/mol. The summed E-state index contributed by atoms with van der Waals surface area (Å²) >= 11 is 0. The van der Waals surface area contributed by atoms with Gasteiger partial charge >= 0.3 is 12.0 Å². The quantitative estimate of drug-likeness (QED) is 0.512. The highest BCUT2D eigenvalue weighted by Gasteiger charge is 2.55. The predicted molar refractivity (Wildman–Crippen MR) is 114 cm³/mol. The molecule has 2 N–H and O–H groups in total. The van der Waals surface area contributed by atoms with Crippen molar-refractivity contribution in [3.05, 3.63) is 35.4 Å². The van der Waals surface area contributed by atoms with E-state index in [1.54, 1.807) is 0 Å². The summed E-state index contributed by atoms with van der Waals surface area (Å²) in [5, 5.41) is 5.57. The van der Waals surface area contributed by atoms with E-state index in [-0.39, 0.29) is 17.9 Å². The van der Waals surface area contributed by atoms with Gasteiger partial charge in [-0.3, -0.25) is 19.3 Å². The van der Waals surface area contributed by atoms with E-state index in [1.165, 1.54) is 5.56 Å². The minimum absolute atomic E-state index is 0.0115. The lowest BCUT2D eigenvalue weighted by Crippen LogP contribution is -2.54. The molecule has 3 unspecified atom stereocenters. The molecular formula is C23H31N3O5. The Bertz CT molecular complexity index is 853. The second-order valence-electron chi connectivity index (χ2n) is 8.48. The van der Waals surface area contributed by atoms with Gasteiger partial charge in [-0.15, -0.1) is 0 Å². The van der Waals surface area contributed by atoms with Crippen molar-refractivity contribution in [3.63, 3.8) is 0 Å². The Balaban J connectivity index is 1.48. The third-order valence-electron chi connectivity index (χ3n) is 6.42. The van der Waals surface area contributed by atoms with Crippen molar-refractivity contribution in [2.24, 2.45) is 5.92 Å².